The Bertz CT molecular complexity index is 1090. The summed E-state index contributed by atoms with van der Waals surface area (Å²) < 4.78 is 4.75. The van der Waals surface area contributed by atoms with Gasteiger partial charge in [-0.25, -0.2) is 9.78 Å². The van der Waals surface area contributed by atoms with Crippen molar-refractivity contribution in [2.24, 2.45) is 0 Å². The van der Waals surface area contributed by atoms with E-state index >= 15 is 0 Å². The maximum absolute atomic E-state index is 12.5. The third-order valence-corrected chi connectivity index (χ3v) is 4.60. The van der Waals surface area contributed by atoms with Crippen molar-refractivity contribution in [3.63, 3.8) is 0 Å². The Morgan fingerprint density at radius 1 is 1.14 bits per heavy atom. The summed E-state index contributed by atoms with van der Waals surface area (Å²) in [6.07, 6.45) is 0. The van der Waals surface area contributed by atoms with Crippen LogP contribution in [0, 0.1) is 0 Å². The Balaban J connectivity index is 1.71. The topological polar surface area (TPSA) is 106 Å². The van der Waals surface area contributed by atoms with Crippen molar-refractivity contribution in [2.45, 2.75) is 13.5 Å². The third-order valence-electron chi connectivity index (χ3n) is 4.60. The molecule has 8 nitrogen and oxygen atoms in total. The predicted molar refractivity (Wildman–Crippen MR) is 109 cm³/mol. The van der Waals surface area contributed by atoms with Crippen molar-refractivity contribution in [1.29, 1.82) is 0 Å². The van der Waals surface area contributed by atoms with E-state index in [1.54, 1.807) is 42.5 Å². The molecule has 0 fully saturated rings. The molecule has 1 atom stereocenters. The predicted octanol–water partition coefficient (Wildman–Crippen LogP) is 0.753. The normalized spacial score (nSPS) is 11.8. The van der Waals surface area contributed by atoms with Crippen LogP contribution < -0.4 is 15.8 Å². The lowest BCUT2D eigenvalue weighted by Crippen LogP contribution is -3.11. The van der Waals surface area contributed by atoms with Gasteiger partial charge in [-0.3, -0.25) is 9.59 Å². The number of para-hydroxylation sites is 2. The summed E-state index contributed by atoms with van der Waals surface area (Å²) in [5.41, 5.74) is 1.12. The van der Waals surface area contributed by atoms with Crippen LogP contribution >= 0.6 is 0 Å². The highest BCUT2D eigenvalue weighted by molar-refractivity contribution is 6.01. The second-order valence-electron chi connectivity index (χ2n) is 6.57. The van der Waals surface area contributed by atoms with E-state index in [4.69, 9.17) is 4.74 Å². The quantitative estimate of drug-likeness (QED) is 0.512. The second-order valence-corrected chi connectivity index (χ2v) is 6.57. The Kier molecular flexibility index (Phi) is 6.36. The third kappa shape index (κ3) is 4.85. The molecule has 1 aromatic heterocycles. The number of likely N-dealkylation sites (N-methyl/N-ethyl adjacent to an activating group) is 1. The molecule has 3 aromatic rings. The molecule has 3 rings (SSSR count). The van der Waals surface area contributed by atoms with Gasteiger partial charge in [0.15, 0.2) is 12.4 Å². The summed E-state index contributed by atoms with van der Waals surface area (Å²) in [4.78, 5) is 44.8. The number of ether oxygens (including phenoxy) is 1. The molecule has 8 heteroatoms. The fraction of sp³-hybridized carbons (Fsp3) is 0.238. The van der Waals surface area contributed by atoms with Gasteiger partial charge in [0, 0.05) is 0 Å². The van der Waals surface area contributed by atoms with Crippen LogP contribution in [0.1, 0.15) is 23.1 Å². The fourth-order valence-corrected chi connectivity index (χ4v) is 3.07. The molecule has 0 spiro atoms. The zero-order chi connectivity index (χ0) is 20.8. The molecule has 0 saturated carbocycles. The lowest BCUT2D eigenvalue weighted by molar-refractivity contribution is -0.904. The Labute approximate surface area is 167 Å². The van der Waals surface area contributed by atoms with Gasteiger partial charge in [-0.05, 0) is 31.2 Å². The molecule has 0 aliphatic carbocycles. The maximum atomic E-state index is 12.5. The number of quaternary nitrogens is 1. The highest BCUT2D eigenvalue weighted by atomic mass is 16.5. The first-order chi connectivity index (χ1) is 14.0. The molecule has 3 N–H and O–H groups in total. The summed E-state index contributed by atoms with van der Waals surface area (Å²) in [5, 5.41) is 3.30. The first-order valence-corrected chi connectivity index (χ1v) is 9.30. The Morgan fingerprint density at radius 3 is 2.62 bits per heavy atom. The number of hydrogen-bond acceptors (Lipinski definition) is 5. The highest BCUT2D eigenvalue weighted by Crippen LogP contribution is 2.15. The Hall–Kier alpha value is -3.52. The standard InChI is InChI=1S/C21H22N4O4/c1-3-25(12-18-22-16-10-6-4-8-14(16)20(27)24-18)13-19(26)23-17-11-7-5-9-15(17)21(28)29-2/h4-11H,3,12-13H2,1-2H3,(H,23,26)(H,22,24,27)/p+1. The number of nitrogens with zero attached hydrogens (tertiary/aromatic N) is 1. The van der Waals surface area contributed by atoms with Crippen LogP contribution in [0.4, 0.5) is 5.69 Å². The number of nitrogens with one attached hydrogen (secondary N) is 3. The molecular formula is C21H23N4O4+. The van der Waals surface area contributed by atoms with Gasteiger partial charge in [0.1, 0.15) is 6.54 Å². The van der Waals surface area contributed by atoms with Gasteiger partial charge in [0.05, 0.1) is 35.8 Å². The van der Waals surface area contributed by atoms with Gasteiger partial charge in [0.25, 0.3) is 11.5 Å². The summed E-state index contributed by atoms with van der Waals surface area (Å²) >= 11 is 0. The van der Waals surface area contributed by atoms with E-state index < -0.39 is 5.97 Å². The van der Waals surface area contributed by atoms with Crippen LogP contribution in [0.25, 0.3) is 10.9 Å². The maximum Gasteiger partial charge on any atom is 0.339 e. The van der Waals surface area contributed by atoms with E-state index in [-0.39, 0.29) is 18.0 Å². The summed E-state index contributed by atoms with van der Waals surface area (Å²) in [5.74, 6) is -0.242. The number of aromatic nitrogens is 2. The SMILES string of the molecule is CC[NH+](CC(=O)Nc1ccccc1C(=O)OC)Cc1nc2ccccc2c(=O)[nH]1. The molecule has 2 aromatic carbocycles. The van der Waals surface area contributed by atoms with Gasteiger partial charge in [-0.2, -0.15) is 0 Å². The minimum Gasteiger partial charge on any atom is -0.465 e. The number of benzene rings is 2. The lowest BCUT2D eigenvalue weighted by Gasteiger charge is -2.17. The number of carbonyl (C=O) groups excluding carboxylic acids is 2. The number of anilines is 1. The number of hydrogen-bond donors (Lipinski definition) is 3. The average molecular weight is 395 g/mol. The van der Waals surface area contributed by atoms with E-state index in [1.807, 2.05) is 13.0 Å². The zero-order valence-corrected chi connectivity index (χ0v) is 16.3. The number of fused-ring (bicyclic) bond motifs is 1. The van der Waals surface area contributed by atoms with Gasteiger partial charge >= 0.3 is 5.97 Å². The number of esters is 1. The van der Waals surface area contributed by atoms with Crippen LogP contribution in [0.15, 0.2) is 53.3 Å². The van der Waals surface area contributed by atoms with Crippen molar-refractivity contribution >= 4 is 28.5 Å². The molecule has 150 valence electrons. The van der Waals surface area contributed by atoms with Gasteiger partial charge in [0.2, 0.25) is 0 Å². The van der Waals surface area contributed by atoms with Gasteiger partial charge < -0.3 is 19.9 Å². The molecule has 0 bridgehead atoms. The van der Waals surface area contributed by atoms with Gasteiger partial charge in [-0.15, -0.1) is 0 Å². The smallest absolute Gasteiger partial charge is 0.339 e. The van der Waals surface area contributed by atoms with Crippen molar-refractivity contribution in [2.75, 3.05) is 25.5 Å². The number of carbonyl (C=O) groups is 2. The largest absolute Gasteiger partial charge is 0.465 e. The summed E-state index contributed by atoms with van der Waals surface area (Å²) in [6, 6.07) is 13.8. The van der Waals surface area contributed by atoms with E-state index in [0.717, 1.165) is 4.90 Å². The lowest BCUT2D eigenvalue weighted by atomic mass is 10.2. The summed E-state index contributed by atoms with van der Waals surface area (Å²) in [7, 11) is 1.29. The molecule has 1 unspecified atom stereocenters. The fourth-order valence-electron chi connectivity index (χ4n) is 3.07. The van der Waals surface area contributed by atoms with Crippen molar-refractivity contribution < 1.29 is 19.2 Å². The van der Waals surface area contributed by atoms with Crippen LogP contribution in [-0.2, 0) is 16.1 Å². The van der Waals surface area contributed by atoms with Crippen LogP contribution in [-0.4, -0.2) is 42.0 Å². The van der Waals surface area contributed by atoms with Gasteiger partial charge in [-0.1, -0.05) is 24.3 Å². The molecule has 1 amide bonds. The molecule has 0 saturated heterocycles. The highest BCUT2D eigenvalue weighted by Gasteiger charge is 2.18. The summed E-state index contributed by atoms with van der Waals surface area (Å²) in [6.45, 7) is 3.15. The molecule has 29 heavy (non-hydrogen) atoms. The van der Waals surface area contributed by atoms with E-state index in [9.17, 15) is 14.4 Å². The van der Waals surface area contributed by atoms with Crippen LogP contribution in [0.3, 0.4) is 0 Å². The zero-order valence-electron chi connectivity index (χ0n) is 16.3. The van der Waals surface area contributed by atoms with Crippen LogP contribution in [0.2, 0.25) is 0 Å². The molecular weight excluding hydrogens is 372 g/mol. The minimum absolute atomic E-state index is 0.155. The molecule has 0 aliphatic rings. The first kappa shape index (κ1) is 20.2. The molecule has 0 radical (unpaired) electrons. The number of methoxy groups -OCH3 is 1. The number of rotatable bonds is 7. The minimum atomic E-state index is -0.515. The second kappa shape index (κ2) is 9.11. The Morgan fingerprint density at radius 2 is 1.86 bits per heavy atom. The van der Waals surface area contributed by atoms with E-state index in [2.05, 4.69) is 15.3 Å². The molecule has 0 aliphatic heterocycles. The number of aromatic amines is 1. The number of amides is 1. The first-order valence-electron chi connectivity index (χ1n) is 9.30. The average Bonchev–Trinajstić information content (AvgIpc) is 2.73. The van der Waals surface area contributed by atoms with Crippen molar-refractivity contribution in [3.05, 3.63) is 70.3 Å². The van der Waals surface area contributed by atoms with Crippen molar-refractivity contribution in [3.8, 4) is 0 Å². The van der Waals surface area contributed by atoms with Crippen LogP contribution in [0.5, 0.6) is 0 Å². The molecule has 1 heterocycles. The van der Waals surface area contributed by atoms with E-state index in [0.29, 0.717) is 41.1 Å². The van der Waals surface area contributed by atoms with Crippen molar-refractivity contribution in [1.82, 2.24) is 9.97 Å². The van der Waals surface area contributed by atoms with E-state index in [1.165, 1.54) is 7.11 Å². The monoisotopic (exact) mass is 395 g/mol. The number of H-pyrrole nitrogens is 1.